The molecule has 1 heterocycles. The Bertz CT molecular complexity index is 543. The number of Topliss-reactive ketones (excluding diaryl/α,β-unsaturated/α-hetero) is 1. The van der Waals surface area contributed by atoms with E-state index in [1.54, 1.807) is 29.1 Å². The van der Waals surface area contributed by atoms with Gasteiger partial charge in [-0.1, -0.05) is 23.2 Å². The molecule has 0 unspecified atom stereocenters. The van der Waals surface area contributed by atoms with Crippen LogP contribution in [0.3, 0.4) is 0 Å². The number of rotatable bonds is 3. The van der Waals surface area contributed by atoms with E-state index in [1.165, 1.54) is 0 Å². The lowest BCUT2D eigenvalue weighted by atomic mass is 10.1. The van der Waals surface area contributed by atoms with Crippen molar-refractivity contribution in [2.75, 3.05) is 0 Å². The summed E-state index contributed by atoms with van der Waals surface area (Å²) < 4.78 is 1.66. The van der Waals surface area contributed by atoms with Gasteiger partial charge in [0, 0.05) is 28.9 Å². The Morgan fingerprint density at radius 2 is 1.94 bits per heavy atom. The molecular formula is C12H10Cl2N2O. The van der Waals surface area contributed by atoms with Gasteiger partial charge in [-0.05, 0) is 24.3 Å². The highest BCUT2D eigenvalue weighted by Gasteiger charge is 2.10. The number of carbonyl (C=O) groups is 1. The zero-order chi connectivity index (χ0) is 12.4. The molecule has 0 atom stereocenters. The lowest BCUT2D eigenvalue weighted by Crippen LogP contribution is -2.04. The summed E-state index contributed by atoms with van der Waals surface area (Å²) in [7, 11) is 1.81. The van der Waals surface area contributed by atoms with Gasteiger partial charge >= 0.3 is 0 Å². The van der Waals surface area contributed by atoms with E-state index in [0.29, 0.717) is 15.6 Å². The molecule has 0 aliphatic rings. The zero-order valence-corrected chi connectivity index (χ0v) is 10.7. The minimum atomic E-state index is -0.0481. The Morgan fingerprint density at radius 3 is 2.47 bits per heavy atom. The predicted octanol–water partition coefficient (Wildman–Crippen LogP) is 3.15. The van der Waals surface area contributed by atoms with E-state index in [0.717, 1.165) is 5.69 Å². The van der Waals surface area contributed by atoms with Gasteiger partial charge < -0.3 is 0 Å². The summed E-state index contributed by atoms with van der Waals surface area (Å²) in [5.74, 6) is -0.0481. The van der Waals surface area contributed by atoms with Gasteiger partial charge in [-0.15, -0.1) is 0 Å². The fourth-order valence-electron chi connectivity index (χ4n) is 1.54. The number of aryl methyl sites for hydroxylation is 1. The number of nitrogens with zero attached hydrogens (tertiary/aromatic N) is 2. The number of halogens is 2. The lowest BCUT2D eigenvalue weighted by Gasteiger charge is -2.01. The third kappa shape index (κ3) is 3.08. The minimum Gasteiger partial charge on any atom is -0.294 e. The molecule has 0 aliphatic heterocycles. The van der Waals surface area contributed by atoms with Crippen LogP contribution in [0.4, 0.5) is 0 Å². The molecule has 0 aliphatic carbocycles. The molecule has 0 fully saturated rings. The van der Waals surface area contributed by atoms with Gasteiger partial charge in [-0.2, -0.15) is 5.10 Å². The highest BCUT2D eigenvalue weighted by atomic mass is 35.5. The van der Waals surface area contributed by atoms with Crippen LogP contribution in [0, 0.1) is 0 Å². The summed E-state index contributed by atoms with van der Waals surface area (Å²) in [5, 5.41) is 5.07. The Morgan fingerprint density at radius 1 is 1.29 bits per heavy atom. The number of carbonyl (C=O) groups excluding carboxylic acids is 1. The maximum absolute atomic E-state index is 12.0. The second-order valence-corrected chi connectivity index (χ2v) is 4.61. The Kier molecular flexibility index (Phi) is 3.50. The molecule has 0 bridgehead atoms. The predicted molar refractivity (Wildman–Crippen MR) is 67.7 cm³/mol. The van der Waals surface area contributed by atoms with E-state index in [1.807, 2.05) is 13.1 Å². The van der Waals surface area contributed by atoms with Crippen molar-refractivity contribution < 1.29 is 4.79 Å². The largest absolute Gasteiger partial charge is 0.294 e. The van der Waals surface area contributed by atoms with E-state index in [4.69, 9.17) is 23.2 Å². The van der Waals surface area contributed by atoms with Crippen LogP contribution < -0.4 is 0 Å². The third-order valence-corrected chi connectivity index (χ3v) is 2.73. The molecule has 1 aromatic heterocycles. The third-order valence-electron chi connectivity index (χ3n) is 2.30. The molecule has 0 N–H and O–H groups in total. The molecule has 3 nitrogen and oxygen atoms in total. The van der Waals surface area contributed by atoms with E-state index in [-0.39, 0.29) is 12.2 Å². The van der Waals surface area contributed by atoms with Crippen LogP contribution >= 0.6 is 23.2 Å². The fraction of sp³-hybridized carbons (Fsp3) is 0.167. The summed E-state index contributed by atoms with van der Waals surface area (Å²) in [6.07, 6.45) is 2.05. The lowest BCUT2D eigenvalue weighted by molar-refractivity contribution is 0.0992. The number of ketones is 1. The SMILES string of the molecule is Cn1ccc(CC(=O)c2cc(Cl)cc(Cl)c2)n1. The van der Waals surface area contributed by atoms with Gasteiger partial charge in [-0.25, -0.2) is 0 Å². The van der Waals surface area contributed by atoms with Crippen molar-refractivity contribution in [1.82, 2.24) is 9.78 Å². The average molecular weight is 269 g/mol. The molecule has 2 aromatic rings. The maximum Gasteiger partial charge on any atom is 0.168 e. The summed E-state index contributed by atoms with van der Waals surface area (Å²) >= 11 is 11.7. The normalized spacial score (nSPS) is 10.5. The molecule has 0 saturated heterocycles. The summed E-state index contributed by atoms with van der Waals surface area (Å²) in [6, 6.07) is 6.63. The molecule has 1 aromatic carbocycles. The molecule has 5 heteroatoms. The van der Waals surface area contributed by atoms with Crippen LogP contribution in [0.25, 0.3) is 0 Å². The first kappa shape index (κ1) is 12.1. The van der Waals surface area contributed by atoms with Gasteiger partial charge in [0.2, 0.25) is 0 Å². The van der Waals surface area contributed by atoms with Gasteiger partial charge in [0.15, 0.2) is 5.78 Å². The second kappa shape index (κ2) is 4.90. The minimum absolute atomic E-state index is 0.0481. The number of hydrogen-bond acceptors (Lipinski definition) is 2. The Hall–Kier alpha value is -1.32. The number of benzene rings is 1. The van der Waals surface area contributed by atoms with Crippen LogP contribution in [-0.4, -0.2) is 15.6 Å². The monoisotopic (exact) mass is 268 g/mol. The highest BCUT2D eigenvalue weighted by Crippen LogP contribution is 2.20. The number of hydrogen-bond donors (Lipinski definition) is 0. The van der Waals surface area contributed by atoms with Crippen molar-refractivity contribution in [3.8, 4) is 0 Å². The Labute approximate surface area is 109 Å². The summed E-state index contributed by atoms with van der Waals surface area (Å²) in [6.45, 7) is 0. The van der Waals surface area contributed by atoms with Crippen molar-refractivity contribution >= 4 is 29.0 Å². The van der Waals surface area contributed by atoms with E-state index in [9.17, 15) is 4.79 Å². The van der Waals surface area contributed by atoms with Crippen LogP contribution in [0.15, 0.2) is 30.5 Å². The van der Waals surface area contributed by atoms with Crippen molar-refractivity contribution in [2.45, 2.75) is 6.42 Å². The topological polar surface area (TPSA) is 34.9 Å². The van der Waals surface area contributed by atoms with E-state index in [2.05, 4.69) is 5.10 Å². The van der Waals surface area contributed by atoms with Crippen LogP contribution in [0.5, 0.6) is 0 Å². The molecule has 17 heavy (non-hydrogen) atoms. The standard InChI is InChI=1S/C12H10Cl2N2O/c1-16-3-2-11(15-16)7-12(17)8-4-9(13)6-10(14)5-8/h2-6H,7H2,1H3. The van der Waals surface area contributed by atoms with Gasteiger partial charge in [0.1, 0.15) is 0 Å². The Balaban J connectivity index is 2.19. The number of aromatic nitrogens is 2. The van der Waals surface area contributed by atoms with E-state index < -0.39 is 0 Å². The fourth-order valence-corrected chi connectivity index (χ4v) is 2.06. The molecule has 0 amide bonds. The summed E-state index contributed by atoms with van der Waals surface area (Å²) in [5.41, 5.74) is 1.24. The van der Waals surface area contributed by atoms with Crippen molar-refractivity contribution in [3.05, 3.63) is 51.8 Å². The van der Waals surface area contributed by atoms with Gasteiger partial charge in [0.25, 0.3) is 0 Å². The summed E-state index contributed by atoms with van der Waals surface area (Å²) in [4.78, 5) is 12.0. The molecule has 0 saturated carbocycles. The van der Waals surface area contributed by atoms with Crippen LogP contribution in [-0.2, 0) is 13.5 Å². The molecular weight excluding hydrogens is 259 g/mol. The first-order chi connectivity index (χ1) is 8.04. The molecule has 88 valence electrons. The highest BCUT2D eigenvalue weighted by molar-refractivity contribution is 6.35. The van der Waals surface area contributed by atoms with Crippen molar-refractivity contribution in [2.24, 2.45) is 7.05 Å². The quantitative estimate of drug-likeness (QED) is 0.802. The first-order valence-corrected chi connectivity index (χ1v) is 5.78. The van der Waals surface area contributed by atoms with Crippen LogP contribution in [0.2, 0.25) is 10.0 Å². The van der Waals surface area contributed by atoms with Gasteiger partial charge in [-0.3, -0.25) is 9.48 Å². The van der Waals surface area contributed by atoms with Crippen molar-refractivity contribution in [1.29, 1.82) is 0 Å². The maximum atomic E-state index is 12.0. The second-order valence-electron chi connectivity index (χ2n) is 3.74. The van der Waals surface area contributed by atoms with Crippen molar-refractivity contribution in [3.63, 3.8) is 0 Å². The smallest absolute Gasteiger partial charge is 0.168 e. The zero-order valence-electron chi connectivity index (χ0n) is 9.15. The van der Waals surface area contributed by atoms with Gasteiger partial charge in [0.05, 0.1) is 12.1 Å². The molecule has 2 rings (SSSR count). The van der Waals surface area contributed by atoms with E-state index >= 15 is 0 Å². The van der Waals surface area contributed by atoms with Crippen LogP contribution in [0.1, 0.15) is 16.1 Å². The molecule has 0 spiro atoms. The molecule has 0 radical (unpaired) electrons. The first-order valence-electron chi connectivity index (χ1n) is 5.02. The average Bonchev–Trinajstić information content (AvgIpc) is 2.62.